The fraction of sp³-hybridized carbons (Fsp3) is 0.267. The highest BCUT2D eigenvalue weighted by atomic mass is 35.5. The molecule has 1 aliphatic carbocycles. The maximum atomic E-state index is 13.0. The molecule has 1 N–H and O–H groups in total. The van der Waals surface area contributed by atoms with Gasteiger partial charge in [-0.25, -0.2) is 4.79 Å². The van der Waals surface area contributed by atoms with Gasteiger partial charge in [0.25, 0.3) is 0 Å². The summed E-state index contributed by atoms with van der Waals surface area (Å²) in [6, 6.07) is 24.1. The van der Waals surface area contributed by atoms with Gasteiger partial charge in [0.15, 0.2) is 0 Å². The Labute approximate surface area is 220 Å². The second-order valence-electron chi connectivity index (χ2n) is 9.32. The number of carbonyl (C=O) groups is 2. The second-order valence-corrected chi connectivity index (χ2v) is 9.75. The first-order chi connectivity index (χ1) is 18.0. The van der Waals surface area contributed by atoms with Crippen LogP contribution in [0.15, 0.2) is 91.0 Å². The molecule has 3 aromatic rings. The van der Waals surface area contributed by atoms with Crippen molar-refractivity contribution in [3.8, 4) is 16.9 Å². The van der Waals surface area contributed by atoms with Gasteiger partial charge in [0.2, 0.25) is 0 Å². The summed E-state index contributed by atoms with van der Waals surface area (Å²) in [5.74, 6) is -0.493. The molecular formula is C30H27ClO6. The maximum absolute atomic E-state index is 13.0. The summed E-state index contributed by atoms with van der Waals surface area (Å²) in [5.41, 5.74) is 2.52. The number of rotatable bonds is 8. The van der Waals surface area contributed by atoms with Crippen LogP contribution in [0.3, 0.4) is 0 Å². The molecular weight excluding hydrogens is 492 g/mol. The summed E-state index contributed by atoms with van der Waals surface area (Å²) in [4.78, 5) is 24.9. The Kier molecular flexibility index (Phi) is 7.58. The summed E-state index contributed by atoms with van der Waals surface area (Å²) in [7, 11) is 0. The smallest absolute Gasteiger partial charge is 0.338 e. The van der Waals surface area contributed by atoms with E-state index in [1.54, 1.807) is 42.5 Å². The van der Waals surface area contributed by atoms with Crippen molar-refractivity contribution >= 4 is 23.5 Å². The lowest BCUT2D eigenvalue weighted by atomic mass is 9.91. The Bertz CT molecular complexity index is 1270. The van der Waals surface area contributed by atoms with Gasteiger partial charge in [-0.1, -0.05) is 72.3 Å². The summed E-state index contributed by atoms with van der Waals surface area (Å²) >= 11 is 5.97. The summed E-state index contributed by atoms with van der Waals surface area (Å²) in [6.07, 6.45) is 2.45. The van der Waals surface area contributed by atoms with Gasteiger partial charge in [-0.2, -0.15) is 0 Å². The van der Waals surface area contributed by atoms with E-state index in [0.717, 1.165) is 11.1 Å². The van der Waals surface area contributed by atoms with Crippen LogP contribution in [0.25, 0.3) is 11.1 Å². The lowest BCUT2D eigenvalue weighted by molar-refractivity contribution is -0.141. The van der Waals surface area contributed by atoms with Gasteiger partial charge in [0, 0.05) is 23.3 Å². The quantitative estimate of drug-likeness (QED) is 0.314. The van der Waals surface area contributed by atoms with Crippen molar-refractivity contribution < 1.29 is 28.9 Å². The second kappa shape index (κ2) is 11.2. The van der Waals surface area contributed by atoms with Crippen LogP contribution in [0, 0.1) is 11.8 Å². The molecule has 2 aliphatic rings. The summed E-state index contributed by atoms with van der Waals surface area (Å²) in [6.45, 7) is 0.0330. The maximum Gasteiger partial charge on any atom is 0.338 e. The molecule has 1 saturated heterocycles. The number of ether oxygens (including phenoxy) is 3. The minimum Gasteiger partial charge on any atom is -0.491 e. The SMILES string of the molecule is O=C1C[C@@H]2[C@@H](/C=C/[C@H](O)COc3cccc(Cl)c3)[C@@H](OC(=O)c3ccc(-c4ccccc4)cc3)C[C@@H]2O1. The van der Waals surface area contributed by atoms with E-state index in [2.05, 4.69) is 0 Å². The fourth-order valence-corrected chi connectivity index (χ4v) is 5.16. The van der Waals surface area contributed by atoms with Gasteiger partial charge in [0.05, 0.1) is 12.0 Å². The molecule has 1 aliphatic heterocycles. The minimum absolute atomic E-state index is 0.0330. The lowest BCUT2D eigenvalue weighted by Gasteiger charge is -2.20. The van der Waals surface area contributed by atoms with Gasteiger partial charge in [-0.3, -0.25) is 4.79 Å². The Morgan fingerprint density at radius 3 is 2.57 bits per heavy atom. The number of hydrogen-bond acceptors (Lipinski definition) is 6. The fourth-order valence-electron chi connectivity index (χ4n) is 4.98. The Morgan fingerprint density at radius 1 is 1.05 bits per heavy atom. The minimum atomic E-state index is -0.891. The number of benzene rings is 3. The standard InChI is InChI=1S/C30H27ClO6/c31-22-7-4-8-24(15-22)35-18-23(32)13-14-25-26-16-29(33)36-28(26)17-27(25)37-30(34)21-11-9-20(10-12-21)19-5-2-1-3-6-19/h1-15,23,25-28,32H,16-18H2/b14-13+/t23-,25+,26+,27-,28-/m0/s1. The van der Waals surface area contributed by atoms with Crippen molar-refractivity contribution in [1.29, 1.82) is 0 Å². The Morgan fingerprint density at radius 2 is 1.81 bits per heavy atom. The van der Waals surface area contributed by atoms with Gasteiger partial charge in [0.1, 0.15) is 30.7 Å². The third kappa shape index (κ3) is 6.04. The van der Waals surface area contributed by atoms with E-state index in [9.17, 15) is 14.7 Å². The predicted molar refractivity (Wildman–Crippen MR) is 139 cm³/mol. The zero-order chi connectivity index (χ0) is 25.8. The number of aliphatic hydroxyl groups excluding tert-OH is 1. The van der Waals surface area contributed by atoms with E-state index >= 15 is 0 Å². The topological polar surface area (TPSA) is 82.1 Å². The highest BCUT2D eigenvalue weighted by molar-refractivity contribution is 6.30. The first kappa shape index (κ1) is 25.1. The number of carbonyl (C=O) groups excluding carboxylic acids is 2. The van der Waals surface area contributed by atoms with E-state index in [4.69, 9.17) is 25.8 Å². The van der Waals surface area contributed by atoms with Crippen molar-refractivity contribution in [3.05, 3.63) is 102 Å². The van der Waals surface area contributed by atoms with Gasteiger partial charge >= 0.3 is 11.9 Å². The summed E-state index contributed by atoms with van der Waals surface area (Å²) in [5, 5.41) is 11.0. The summed E-state index contributed by atoms with van der Waals surface area (Å²) < 4.78 is 17.0. The zero-order valence-corrected chi connectivity index (χ0v) is 20.8. The van der Waals surface area contributed by atoms with Gasteiger partial charge < -0.3 is 19.3 Å². The molecule has 5 rings (SSSR count). The normalized spacial score (nSPS) is 23.5. The number of halogens is 1. The molecule has 1 heterocycles. The molecule has 3 aromatic carbocycles. The number of aliphatic hydroxyl groups is 1. The highest BCUT2D eigenvalue weighted by Gasteiger charge is 2.50. The molecule has 6 nitrogen and oxygen atoms in total. The van der Waals surface area contributed by atoms with Crippen LogP contribution in [-0.4, -0.2) is 42.0 Å². The first-order valence-corrected chi connectivity index (χ1v) is 12.6. The van der Waals surface area contributed by atoms with E-state index in [1.165, 1.54) is 0 Å². The van der Waals surface area contributed by atoms with E-state index in [-0.39, 0.29) is 36.9 Å². The molecule has 190 valence electrons. The van der Waals surface area contributed by atoms with Crippen LogP contribution >= 0.6 is 11.6 Å². The average Bonchev–Trinajstić information content (AvgIpc) is 3.42. The molecule has 0 unspecified atom stereocenters. The first-order valence-electron chi connectivity index (χ1n) is 12.3. The average molecular weight is 519 g/mol. The van der Waals surface area contributed by atoms with Crippen molar-refractivity contribution in [2.24, 2.45) is 11.8 Å². The molecule has 7 heteroatoms. The monoisotopic (exact) mass is 518 g/mol. The van der Waals surface area contributed by atoms with E-state index in [0.29, 0.717) is 22.8 Å². The molecule has 0 aromatic heterocycles. The largest absolute Gasteiger partial charge is 0.491 e. The van der Waals surface area contributed by atoms with E-state index in [1.807, 2.05) is 48.5 Å². The van der Waals surface area contributed by atoms with E-state index < -0.39 is 18.2 Å². The van der Waals surface area contributed by atoms with Gasteiger partial charge in [-0.05, 0) is 41.5 Å². The lowest BCUT2D eigenvalue weighted by Crippen LogP contribution is -2.25. The van der Waals surface area contributed by atoms with Crippen molar-refractivity contribution in [3.63, 3.8) is 0 Å². The number of esters is 2. The molecule has 0 spiro atoms. The zero-order valence-electron chi connectivity index (χ0n) is 20.0. The molecule has 0 amide bonds. The van der Waals surface area contributed by atoms with Crippen LogP contribution in [0.1, 0.15) is 23.2 Å². The molecule has 1 saturated carbocycles. The third-order valence-electron chi connectivity index (χ3n) is 6.81. The highest BCUT2D eigenvalue weighted by Crippen LogP contribution is 2.43. The Balaban J connectivity index is 1.24. The molecule has 37 heavy (non-hydrogen) atoms. The van der Waals surface area contributed by atoms with Crippen LogP contribution in [-0.2, 0) is 14.3 Å². The Hall–Kier alpha value is -3.61. The molecule has 0 radical (unpaired) electrons. The third-order valence-corrected chi connectivity index (χ3v) is 7.04. The van der Waals surface area contributed by atoms with Crippen molar-refractivity contribution in [1.82, 2.24) is 0 Å². The van der Waals surface area contributed by atoms with Crippen LogP contribution in [0.2, 0.25) is 5.02 Å². The van der Waals surface area contributed by atoms with Crippen LogP contribution in [0.4, 0.5) is 0 Å². The van der Waals surface area contributed by atoms with Gasteiger partial charge in [-0.15, -0.1) is 0 Å². The predicted octanol–water partition coefficient (Wildman–Crippen LogP) is 5.48. The molecule has 0 bridgehead atoms. The van der Waals surface area contributed by atoms with Crippen molar-refractivity contribution in [2.75, 3.05) is 6.61 Å². The number of hydrogen-bond donors (Lipinski definition) is 1. The van der Waals surface area contributed by atoms with Crippen molar-refractivity contribution in [2.45, 2.75) is 31.2 Å². The molecule has 2 fully saturated rings. The van der Waals surface area contributed by atoms with Crippen LogP contribution in [0.5, 0.6) is 5.75 Å². The molecule has 5 atom stereocenters. The number of fused-ring (bicyclic) bond motifs is 1. The van der Waals surface area contributed by atoms with Crippen LogP contribution < -0.4 is 4.74 Å².